The van der Waals surface area contributed by atoms with Crippen LogP contribution in [0.3, 0.4) is 0 Å². The van der Waals surface area contributed by atoms with Gasteiger partial charge in [-0.15, -0.1) is 0 Å². The Kier molecular flexibility index (Phi) is 33.0. The van der Waals surface area contributed by atoms with Crippen molar-refractivity contribution in [3.05, 3.63) is 24.3 Å². The van der Waals surface area contributed by atoms with Gasteiger partial charge in [-0.1, -0.05) is 63.8 Å². The van der Waals surface area contributed by atoms with E-state index in [2.05, 4.69) is 38.2 Å². The predicted octanol–water partition coefficient (Wildman–Crippen LogP) is 4.86. The van der Waals surface area contributed by atoms with Gasteiger partial charge in [0.1, 0.15) is 0 Å². The van der Waals surface area contributed by atoms with Gasteiger partial charge in [0.05, 0.1) is 0 Å². The summed E-state index contributed by atoms with van der Waals surface area (Å²) in [7, 11) is 0. The molecule has 0 bridgehead atoms. The molecule has 0 rings (SSSR count). The minimum atomic E-state index is -0.933. The summed E-state index contributed by atoms with van der Waals surface area (Å²) in [6.07, 6.45) is 24.5. The molecule has 0 aromatic heterocycles. The maximum Gasteiger partial charge on any atom is 2.00 e. The SMILES string of the molecule is CCCCCC=CCCCCC(=O)[O-].CCCCCC=CCCCCC(=O)[O-].[Zn+2]. The maximum absolute atomic E-state index is 10.1. The van der Waals surface area contributed by atoms with E-state index in [4.69, 9.17) is 0 Å². The number of hydrogen-bond donors (Lipinski definition) is 0. The molecule has 164 valence electrons. The first-order valence-corrected chi connectivity index (χ1v) is 11.2. The third-order valence-corrected chi connectivity index (χ3v) is 4.29. The smallest absolute Gasteiger partial charge is 0.550 e. The zero-order chi connectivity index (χ0) is 21.3. The fourth-order valence-electron chi connectivity index (χ4n) is 2.56. The summed E-state index contributed by atoms with van der Waals surface area (Å²) >= 11 is 0. The molecule has 0 aliphatic rings. The van der Waals surface area contributed by atoms with Crippen molar-refractivity contribution in [2.45, 2.75) is 117 Å². The van der Waals surface area contributed by atoms with E-state index in [0.29, 0.717) is 0 Å². The molecule has 0 saturated carbocycles. The van der Waals surface area contributed by atoms with Crippen LogP contribution in [0.25, 0.3) is 0 Å². The Labute approximate surface area is 192 Å². The Bertz CT molecular complexity index is 368. The summed E-state index contributed by atoms with van der Waals surface area (Å²) in [6, 6.07) is 0. The molecule has 0 amide bonds. The van der Waals surface area contributed by atoms with Crippen LogP contribution in [0.2, 0.25) is 0 Å². The third kappa shape index (κ3) is 38.3. The minimum absolute atomic E-state index is 0. The van der Waals surface area contributed by atoms with E-state index in [1.165, 1.54) is 38.5 Å². The van der Waals surface area contributed by atoms with Crippen LogP contribution < -0.4 is 10.2 Å². The van der Waals surface area contributed by atoms with Gasteiger partial charge in [0.25, 0.3) is 0 Å². The zero-order valence-electron chi connectivity index (χ0n) is 19.0. The quantitative estimate of drug-likeness (QED) is 0.166. The van der Waals surface area contributed by atoms with E-state index in [9.17, 15) is 19.8 Å². The van der Waals surface area contributed by atoms with Gasteiger partial charge in [0.2, 0.25) is 0 Å². The van der Waals surface area contributed by atoms with Crippen molar-refractivity contribution in [1.82, 2.24) is 0 Å². The van der Waals surface area contributed by atoms with Gasteiger partial charge in [-0.3, -0.25) is 0 Å². The van der Waals surface area contributed by atoms with Crippen LogP contribution in [-0.2, 0) is 29.1 Å². The van der Waals surface area contributed by atoms with Crippen molar-refractivity contribution in [1.29, 1.82) is 0 Å². The minimum Gasteiger partial charge on any atom is -0.550 e. The average molecular weight is 460 g/mol. The number of hydrogen-bond acceptors (Lipinski definition) is 4. The largest absolute Gasteiger partial charge is 2.00 e. The van der Waals surface area contributed by atoms with E-state index < -0.39 is 11.9 Å². The second kappa shape index (κ2) is 29.2. The van der Waals surface area contributed by atoms with Crippen molar-refractivity contribution < 1.29 is 39.3 Å². The molecule has 0 atom stereocenters. The van der Waals surface area contributed by atoms with Gasteiger partial charge in [-0.05, 0) is 77.0 Å². The zero-order valence-corrected chi connectivity index (χ0v) is 21.9. The summed E-state index contributed by atoms with van der Waals surface area (Å²) in [4.78, 5) is 20.2. The molecule has 5 heteroatoms. The molecule has 0 aliphatic carbocycles. The number of carbonyl (C=O) groups excluding carboxylic acids is 2. The molecule has 0 heterocycles. The molecule has 0 fully saturated rings. The second-order valence-corrected chi connectivity index (χ2v) is 7.17. The van der Waals surface area contributed by atoms with Gasteiger partial charge < -0.3 is 19.8 Å². The first kappa shape index (κ1) is 32.7. The molecule has 0 aromatic rings. The standard InChI is InChI=1S/2C12H22O2.Zn/c2*1-2-3-4-5-6-7-8-9-10-11-12(13)14;/h2*6-7H,2-5,8-11H2,1H3,(H,13,14);/q;;+2/p-2. The Balaban J connectivity index is -0.000000451. The van der Waals surface area contributed by atoms with E-state index in [-0.39, 0.29) is 32.3 Å². The molecule has 4 nitrogen and oxygen atoms in total. The van der Waals surface area contributed by atoms with Crippen molar-refractivity contribution in [2.75, 3.05) is 0 Å². The molecular weight excluding hydrogens is 418 g/mol. The third-order valence-electron chi connectivity index (χ3n) is 4.29. The van der Waals surface area contributed by atoms with Gasteiger partial charge in [0.15, 0.2) is 0 Å². The fourth-order valence-corrected chi connectivity index (χ4v) is 2.56. The van der Waals surface area contributed by atoms with Gasteiger partial charge >= 0.3 is 19.5 Å². The van der Waals surface area contributed by atoms with Crippen molar-refractivity contribution in [3.63, 3.8) is 0 Å². The Hall–Kier alpha value is -0.957. The number of carbonyl (C=O) groups is 2. The summed E-state index contributed by atoms with van der Waals surface area (Å²) in [5, 5.41) is 20.2. The normalized spacial score (nSPS) is 10.6. The summed E-state index contributed by atoms with van der Waals surface area (Å²) in [5.41, 5.74) is 0. The molecule has 29 heavy (non-hydrogen) atoms. The van der Waals surface area contributed by atoms with Crippen LogP contribution in [-0.4, -0.2) is 11.9 Å². The van der Waals surface area contributed by atoms with E-state index in [1.807, 2.05) is 0 Å². The molecule has 0 aliphatic heterocycles. The molecule has 0 saturated heterocycles. The molecule has 0 unspecified atom stereocenters. The predicted molar refractivity (Wildman–Crippen MR) is 114 cm³/mol. The summed E-state index contributed by atoms with van der Waals surface area (Å²) < 4.78 is 0. The van der Waals surface area contributed by atoms with Gasteiger partial charge in [-0.25, -0.2) is 0 Å². The Morgan fingerprint density at radius 1 is 0.552 bits per heavy atom. The monoisotopic (exact) mass is 458 g/mol. The number of allylic oxidation sites excluding steroid dienone is 4. The molecule has 0 spiro atoms. The summed E-state index contributed by atoms with van der Waals surface area (Å²) in [6.45, 7) is 4.40. The summed E-state index contributed by atoms with van der Waals surface area (Å²) in [5.74, 6) is -1.87. The number of aliphatic carboxylic acids is 2. The van der Waals surface area contributed by atoms with Crippen LogP contribution in [0.1, 0.15) is 117 Å². The Morgan fingerprint density at radius 2 is 0.828 bits per heavy atom. The molecule has 0 N–H and O–H groups in total. The number of unbranched alkanes of at least 4 members (excludes halogenated alkanes) is 10. The first-order valence-electron chi connectivity index (χ1n) is 11.2. The van der Waals surface area contributed by atoms with E-state index in [1.54, 1.807) is 0 Å². The van der Waals surface area contributed by atoms with Crippen LogP contribution in [0, 0.1) is 0 Å². The number of rotatable bonds is 18. The van der Waals surface area contributed by atoms with Crippen molar-refractivity contribution >= 4 is 11.9 Å². The first-order chi connectivity index (χ1) is 13.5. The molecule has 0 radical (unpaired) electrons. The Morgan fingerprint density at radius 3 is 1.07 bits per heavy atom. The van der Waals surface area contributed by atoms with Crippen LogP contribution >= 0.6 is 0 Å². The second-order valence-electron chi connectivity index (χ2n) is 7.17. The fraction of sp³-hybridized carbons (Fsp3) is 0.750. The van der Waals surface area contributed by atoms with Crippen LogP contribution in [0.15, 0.2) is 24.3 Å². The van der Waals surface area contributed by atoms with Crippen LogP contribution in [0.4, 0.5) is 0 Å². The number of carboxylic acid groups (broad SMARTS) is 2. The maximum atomic E-state index is 10.1. The average Bonchev–Trinajstić information content (AvgIpc) is 2.65. The topological polar surface area (TPSA) is 80.3 Å². The van der Waals surface area contributed by atoms with Crippen molar-refractivity contribution in [3.8, 4) is 0 Å². The van der Waals surface area contributed by atoms with E-state index >= 15 is 0 Å². The number of carboxylic acids is 2. The molecule has 0 aromatic carbocycles. The van der Waals surface area contributed by atoms with E-state index in [0.717, 1.165) is 51.4 Å². The van der Waals surface area contributed by atoms with Crippen molar-refractivity contribution in [2.24, 2.45) is 0 Å². The molecular formula is C24H42O4Zn. The van der Waals surface area contributed by atoms with Gasteiger partial charge in [-0.2, -0.15) is 0 Å². The van der Waals surface area contributed by atoms with Gasteiger partial charge in [0, 0.05) is 11.9 Å². The van der Waals surface area contributed by atoms with Crippen LogP contribution in [0.5, 0.6) is 0 Å².